The van der Waals surface area contributed by atoms with E-state index in [1.165, 1.54) is 11.7 Å². The topological polar surface area (TPSA) is 61.4 Å². The molecule has 1 aromatic heterocycles. The van der Waals surface area contributed by atoms with Gasteiger partial charge in [-0.25, -0.2) is 0 Å². The third-order valence-corrected chi connectivity index (χ3v) is 4.11. The van der Waals surface area contributed by atoms with Crippen molar-refractivity contribution in [2.24, 2.45) is 5.92 Å². The van der Waals surface area contributed by atoms with Crippen LogP contribution in [-0.2, 0) is 4.79 Å². The van der Waals surface area contributed by atoms with Gasteiger partial charge in [-0.05, 0) is 6.42 Å². The Bertz CT molecular complexity index is 448. The summed E-state index contributed by atoms with van der Waals surface area (Å²) in [5.41, 5.74) is 0. The molecule has 0 radical (unpaired) electrons. The van der Waals surface area contributed by atoms with E-state index in [0.717, 1.165) is 50.8 Å². The summed E-state index contributed by atoms with van der Waals surface area (Å²) in [7, 11) is 0. The second kappa shape index (κ2) is 6.02. The Morgan fingerprint density at radius 3 is 2.53 bits per heavy atom. The molecule has 8 heteroatoms. The summed E-state index contributed by atoms with van der Waals surface area (Å²) in [5, 5.41) is 3.31. The Kier molecular flexibility index (Phi) is 4.59. The predicted octanol–water partition coefficient (Wildman–Crippen LogP) is 0.742. The standard InChI is InChI=1S/C11H17N5OS.ClH/c1-8-2-5-16(11(8)17)10-9(13-18-14-10)15-6-3-12-4-7-15;/h8,12H,2-7H2,1H3;1H. The molecule has 0 aromatic carbocycles. The van der Waals surface area contributed by atoms with Crippen LogP contribution in [0.3, 0.4) is 0 Å². The second-order valence-corrected chi connectivity index (χ2v) is 5.36. The minimum atomic E-state index is 0. The third-order valence-electron chi connectivity index (χ3n) is 3.60. The lowest BCUT2D eigenvalue weighted by Crippen LogP contribution is -2.44. The molecule has 1 aromatic rings. The Morgan fingerprint density at radius 1 is 1.21 bits per heavy atom. The summed E-state index contributed by atoms with van der Waals surface area (Å²) in [6.07, 6.45) is 0.914. The average Bonchev–Trinajstić information content (AvgIpc) is 2.99. The van der Waals surface area contributed by atoms with Crippen LogP contribution in [0.2, 0.25) is 0 Å². The molecule has 2 saturated heterocycles. The normalized spacial score (nSPS) is 23.6. The first-order valence-electron chi connectivity index (χ1n) is 6.37. The molecule has 0 saturated carbocycles. The number of aromatic nitrogens is 2. The van der Waals surface area contributed by atoms with Crippen molar-refractivity contribution in [1.82, 2.24) is 14.1 Å². The number of rotatable bonds is 2. The van der Waals surface area contributed by atoms with Gasteiger partial charge in [-0.2, -0.15) is 8.75 Å². The van der Waals surface area contributed by atoms with Crippen molar-refractivity contribution in [3.05, 3.63) is 0 Å². The molecule has 6 nitrogen and oxygen atoms in total. The lowest BCUT2D eigenvalue weighted by atomic mass is 10.1. The quantitative estimate of drug-likeness (QED) is 0.873. The van der Waals surface area contributed by atoms with Crippen molar-refractivity contribution >= 4 is 41.7 Å². The van der Waals surface area contributed by atoms with Crippen LogP contribution in [0.15, 0.2) is 0 Å². The number of amides is 1. The van der Waals surface area contributed by atoms with Crippen molar-refractivity contribution < 1.29 is 4.79 Å². The summed E-state index contributed by atoms with van der Waals surface area (Å²) < 4.78 is 8.71. The summed E-state index contributed by atoms with van der Waals surface area (Å²) in [5.74, 6) is 1.93. The first kappa shape index (κ1) is 14.5. The van der Waals surface area contributed by atoms with Gasteiger partial charge < -0.3 is 10.2 Å². The highest BCUT2D eigenvalue weighted by molar-refractivity contribution is 6.99. The van der Waals surface area contributed by atoms with Crippen molar-refractivity contribution in [3.63, 3.8) is 0 Å². The lowest BCUT2D eigenvalue weighted by Gasteiger charge is -2.28. The van der Waals surface area contributed by atoms with Gasteiger partial charge in [0.1, 0.15) is 0 Å². The maximum absolute atomic E-state index is 12.1. The molecule has 0 spiro atoms. The Labute approximate surface area is 122 Å². The van der Waals surface area contributed by atoms with Gasteiger partial charge in [-0.1, -0.05) is 6.92 Å². The highest BCUT2D eigenvalue weighted by Gasteiger charge is 2.33. The van der Waals surface area contributed by atoms with E-state index in [9.17, 15) is 4.79 Å². The number of hydrogen-bond acceptors (Lipinski definition) is 6. The number of carbonyl (C=O) groups is 1. The average molecular weight is 304 g/mol. The fraction of sp³-hybridized carbons (Fsp3) is 0.727. The minimum Gasteiger partial charge on any atom is -0.350 e. The van der Waals surface area contributed by atoms with Crippen molar-refractivity contribution in [3.8, 4) is 0 Å². The van der Waals surface area contributed by atoms with E-state index in [-0.39, 0.29) is 24.2 Å². The van der Waals surface area contributed by atoms with Crippen molar-refractivity contribution in [2.75, 3.05) is 42.5 Å². The van der Waals surface area contributed by atoms with Gasteiger partial charge in [0.15, 0.2) is 11.6 Å². The van der Waals surface area contributed by atoms with Gasteiger partial charge in [0.25, 0.3) is 0 Å². The molecule has 3 rings (SSSR count). The van der Waals surface area contributed by atoms with Gasteiger partial charge in [0.05, 0.1) is 11.7 Å². The zero-order chi connectivity index (χ0) is 12.5. The van der Waals surface area contributed by atoms with Crippen LogP contribution >= 0.6 is 24.1 Å². The molecule has 2 aliphatic heterocycles. The molecule has 3 heterocycles. The molecule has 1 unspecified atom stereocenters. The molecular weight excluding hydrogens is 286 g/mol. The zero-order valence-corrected chi connectivity index (χ0v) is 12.5. The second-order valence-electron chi connectivity index (χ2n) is 4.83. The van der Waals surface area contributed by atoms with E-state index in [0.29, 0.717) is 0 Å². The molecule has 1 atom stereocenters. The highest BCUT2D eigenvalue weighted by atomic mass is 35.5. The number of carbonyl (C=O) groups excluding carboxylic acids is 1. The summed E-state index contributed by atoms with van der Waals surface area (Å²) in [4.78, 5) is 16.1. The smallest absolute Gasteiger partial charge is 0.231 e. The van der Waals surface area contributed by atoms with Crippen molar-refractivity contribution in [2.45, 2.75) is 13.3 Å². The number of nitrogens with one attached hydrogen (secondary N) is 1. The number of hydrogen-bond donors (Lipinski definition) is 1. The largest absolute Gasteiger partial charge is 0.350 e. The van der Waals surface area contributed by atoms with Crippen LogP contribution in [0.5, 0.6) is 0 Å². The molecule has 2 aliphatic rings. The zero-order valence-electron chi connectivity index (χ0n) is 10.8. The van der Waals surface area contributed by atoms with Crippen molar-refractivity contribution in [1.29, 1.82) is 0 Å². The Hall–Kier alpha value is -0.920. The van der Waals surface area contributed by atoms with E-state index in [4.69, 9.17) is 0 Å². The Balaban J connectivity index is 0.00000133. The molecule has 0 aliphatic carbocycles. The number of anilines is 2. The highest BCUT2D eigenvalue weighted by Crippen LogP contribution is 2.31. The minimum absolute atomic E-state index is 0. The third kappa shape index (κ3) is 2.68. The van der Waals surface area contributed by atoms with E-state index in [2.05, 4.69) is 19.0 Å². The molecule has 2 fully saturated rings. The monoisotopic (exact) mass is 303 g/mol. The summed E-state index contributed by atoms with van der Waals surface area (Å²) in [6.45, 7) is 6.52. The molecule has 1 N–H and O–H groups in total. The van der Waals surface area contributed by atoms with E-state index in [1.807, 2.05) is 6.92 Å². The summed E-state index contributed by atoms with van der Waals surface area (Å²) >= 11 is 1.19. The lowest BCUT2D eigenvalue weighted by molar-refractivity contribution is -0.119. The number of piperazine rings is 1. The molecule has 1 amide bonds. The van der Waals surface area contributed by atoms with Gasteiger partial charge in [-0.15, -0.1) is 12.4 Å². The number of nitrogens with zero attached hydrogens (tertiary/aromatic N) is 4. The fourth-order valence-corrected chi connectivity index (χ4v) is 3.03. The van der Waals surface area contributed by atoms with Gasteiger partial charge in [-0.3, -0.25) is 9.69 Å². The van der Waals surface area contributed by atoms with Crippen LogP contribution in [0.25, 0.3) is 0 Å². The fourth-order valence-electron chi connectivity index (χ4n) is 2.46. The molecular formula is C11H18ClN5OS. The molecule has 19 heavy (non-hydrogen) atoms. The van der Waals surface area contributed by atoms with Gasteiger partial charge >= 0.3 is 0 Å². The van der Waals surface area contributed by atoms with Crippen LogP contribution in [0.4, 0.5) is 11.6 Å². The maximum Gasteiger partial charge on any atom is 0.231 e. The van der Waals surface area contributed by atoms with E-state index >= 15 is 0 Å². The number of halogens is 1. The van der Waals surface area contributed by atoms with Crippen LogP contribution in [0, 0.1) is 5.92 Å². The van der Waals surface area contributed by atoms with E-state index < -0.39 is 0 Å². The first-order valence-corrected chi connectivity index (χ1v) is 7.10. The van der Waals surface area contributed by atoms with Crippen LogP contribution in [0.1, 0.15) is 13.3 Å². The van der Waals surface area contributed by atoms with Gasteiger partial charge in [0.2, 0.25) is 5.91 Å². The maximum atomic E-state index is 12.1. The molecule has 0 bridgehead atoms. The summed E-state index contributed by atoms with van der Waals surface area (Å²) in [6, 6.07) is 0. The van der Waals surface area contributed by atoms with Crippen LogP contribution < -0.4 is 15.1 Å². The molecule has 106 valence electrons. The first-order chi connectivity index (χ1) is 8.77. The van der Waals surface area contributed by atoms with Crippen LogP contribution in [-0.4, -0.2) is 47.4 Å². The SMILES string of the molecule is CC1CCN(c2nsnc2N2CCNCC2)C1=O.Cl. The van der Waals surface area contributed by atoms with Gasteiger partial charge in [0, 0.05) is 38.6 Å². The van der Waals surface area contributed by atoms with E-state index in [1.54, 1.807) is 4.90 Å². The predicted molar refractivity (Wildman–Crippen MR) is 78.4 cm³/mol. The Morgan fingerprint density at radius 2 is 1.89 bits per heavy atom.